The van der Waals surface area contributed by atoms with Crippen LogP contribution in [0.5, 0.6) is 0 Å². The van der Waals surface area contributed by atoms with Crippen LogP contribution in [0.15, 0.2) is 41.3 Å². The third-order valence-corrected chi connectivity index (χ3v) is 4.81. The Kier molecular flexibility index (Phi) is 3.42. The van der Waals surface area contributed by atoms with Gasteiger partial charge in [0.1, 0.15) is 16.7 Å². The highest BCUT2D eigenvalue weighted by molar-refractivity contribution is 7.00. The Morgan fingerprint density at radius 2 is 2.08 bits per heavy atom. The van der Waals surface area contributed by atoms with E-state index in [2.05, 4.69) is 28.9 Å². The molecule has 0 unspecified atom stereocenters. The molecule has 0 radical (unpaired) electrons. The first kappa shape index (κ1) is 15.0. The zero-order valence-corrected chi connectivity index (χ0v) is 14.1. The number of fused-ring (bicyclic) bond motifs is 1. The predicted octanol–water partition coefficient (Wildman–Crippen LogP) is 1.77. The SMILES string of the molecule is O=C(c1ccc2nsnc2c1)N1CC(c2nc(-c3cnccn3)no2)C1. The van der Waals surface area contributed by atoms with Crippen molar-refractivity contribution in [3.8, 4) is 11.5 Å². The van der Waals surface area contributed by atoms with Gasteiger partial charge in [0.05, 0.1) is 23.8 Å². The smallest absolute Gasteiger partial charge is 0.253 e. The van der Waals surface area contributed by atoms with Gasteiger partial charge < -0.3 is 9.42 Å². The second kappa shape index (κ2) is 5.92. The van der Waals surface area contributed by atoms with Crippen molar-refractivity contribution in [2.24, 2.45) is 0 Å². The fraction of sp³-hybridized carbons (Fsp3) is 0.188. The Hall–Kier alpha value is -3.27. The second-order valence-electron chi connectivity index (χ2n) is 5.92. The zero-order chi connectivity index (χ0) is 17.5. The third-order valence-electron chi connectivity index (χ3n) is 4.25. The maximum absolute atomic E-state index is 12.6. The maximum Gasteiger partial charge on any atom is 0.253 e. The summed E-state index contributed by atoms with van der Waals surface area (Å²) in [7, 11) is 0. The Morgan fingerprint density at radius 3 is 2.92 bits per heavy atom. The lowest BCUT2D eigenvalue weighted by Gasteiger charge is -2.37. The Balaban J connectivity index is 1.28. The number of hydrogen-bond donors (Lipinski definition) is 0. The van der Waals surface area contributed by atoms with E-state index in [-0.39, 0.29) is 11.8 Å². The molecule has 10 heteroatoms. The highest BCUT2D eigenvalue weighted by Gasteiger charge is 2.36. The van der Waals surface area contributed by atoms with Gasteiger partial charge in [0.15, 0.2) is 0 Å². The first-order chi connectivity index (χ1) is 12.8. The molecule has 5 rings (SSSR count). The molecule has 1 aliphatic heterocycles. The van der Waals surface area contributed by atoms with E-state index in [4.69, 9.17) is 4.52 Å². The molecule has 9 nitrogen and oxygen atoms in total. The second-order valence-corrected chi connectivity index (χ2v) is 6.45. The van der Waals surface area contributed by atoms with Gasteiger partial charge in [-0.15, -0.1) is 0 Å². The fourth-order valence-corrected chi connectivity index (χ4v) is 3.34. The standard InChI is InChI=1S/C16H11N7O2S/c24-16(9-1-2-11-12(5-9)22-26-21-11)23-7-10(8-23)15-19-14(20-25-15)13-6-17-3-4-18-13/h1-6,10H,7-8H2. The van der Waals surface area contributed by atoms with Crippen LogP contribution in [0.3, 0.4) is 0 Å². The van der Waals surface area contributed by atoms with Crippen LogP contribution in [0.2, 0.25) is 0 Å². The van der Waals surface area contributed by atoms with E-state index >= 15 is 0 Å². The largest absolute Gasteiger partial charge is 0.338 e. The van der Waals surface area contributed by atoms with Gasteiger partial charge in [0.2, 0.25) is 11.7 Å². The monoisotopic (exact) mass is 365 g/mol. The molecule has 1 aliphatic rings. The van der Waals surface area contributed by atoms with Crippen molar-refractivity contribution in [2.75, 3.05) is 13.1 Å². The maximum atomic E-state index is 12.6. The molecule has 26 heavy (non-hydrogen) atoms. The summed E-state index contributed by atoms with van der Waals surface area (Å²) in [6, 6.07) is 5.36. The highest BCUT2D eigenvalue weighted by atomic mass is 32.1. The van der Waals surface area contributed by atoms with E-state index in [0.29, 0.717) is 36.1 Å². The van der Waals surface area contributed by atoms with Gasteiger partial charge in [-0.2, -0.15) is 13.7 Å². The summed E-state index contributed by atoms with van der Waals surface area (Å²) in [5.41, 5.74) is 2.70. The summed E-state index contributed by atoms with van der Waals surface area (Å²) in [5.74, 6) is 0.902. The van der Waals surface area contributed by atoms with Crippen LogP contribution < -0.4 is 0 Å². The molecule has 1 aromatic carbocycles. The molecule has 4 aromatic rings. The number of carbonyl (C=O) groups excluding carboxylic acids is 1. The van der Waals surface area contributed by atoms with Gasteiger partial charge in [-0.05, 0) is 18.2 Å². The number of nitrogens with zero attached hydrogens (tertiary/aromatic N) is 7. The summed E-state index contributed by atoms with van der Waals surface area (Å²) in [6.07, 6.45) is 4.73. The third kappa shape index (κ3) is 2.51. The van der Waals surface area contributed by atoms with E-state index in [1.807, 2.05) is 6.07 Å². The summed E-state index contributed by atoms with van der Waals surface area (Å²) >= 11 is 1.14. The van der Waals surface area contributed by atoms with E-state index in [1.165, 1.54) is 0 Å². The lowest BCUT2D eigenvalue weighted by molar-refractivity contribution is 0.0569. The Labute approximate surface area is 151 Å². The summed E-state index contributed by atoms with van der Waals surface area (Å²) in [5, 5.41) is 3.94. The molecular formula is C16H11N7O2S. The van der Waals surface area contributed by atoms with E-state index < -0.39 is 0 Å². The van der Waals surface area contributed by atoms with Crippen molar-refractivity contribution in [3.63, 3.8) is 0 Å². The zero-order valence-electron chi connectivity index (χ0n) is 13.3. The quantitative estimate of drug-likeness (QED) is 0.540. The van der Waals surface area contributed by atoms with Gasteiger partial charge in [0, 0.05) is 31.0 Å². The summed E-state index contributed by atoms with van der Waals surface area (Å²) < 4.78 is 13.6. The minimum Gasteiger partial charge on any atom is -0.338 e. The molecule has 0 saturated carbocycles. The van der Waals surface area contributed by atoms with Gasteiger partial charge in [-0.3, -0.25) is 9.78 Å². The number of likely N-dealkylation sites (tertiary alicyclic amines) is 1. The molecule has 0 bridgehead atoms. The molecule has 1 fully saturated rings. The molecule has 4 heterocycles. The Bertz CT molecular complexity index is 1090. The van der Waals surface area contributed by atoms with Gasteiger partial charge in [0.25, 0.3) is 5.91 Å². The van der Waals surface area contributed by atoms with Crippen LogP contribution in [0.25, 0.3) is 22.6 Å². The minimum absolute atomic E-state index is 0.0292. The average molecular weight is 365 g/mol. The van der Waals surface area contributed by atoms with Crippen LogP contribution in [-0.2, 0) is 0 Å². The molecule has 0 spiro atoms. The number of hydrogen-bond acceptors (Lipinski definition) is 9. The summed E-state index contributed by atoms with van der Waals surface area (Å²) in [4.78, 5) is 26.8. The minimum atomic E-state index is -0.0372. The van der Waals surface area contributed by atoms with Gasteiger partial charge >= 0.3 is 0 Å². The van der Waals surface area contributed by atoms with Gasteiger partial charge in [-0.1, -0.05) is 5.16 Å². The number of carbonyl (C=O) groups is 1. The van der Waals surface area contributed by atoms with E-state index in [1.54, 1.807) is 35.6 Å². The Morgan fingerprint density at radius 1 is 1.19 bits per heavy atom. The number of rotatable bonds is 3. The highest BCUT2D eigenvalue weighted by Crippen LogP contribution is 2.28. The van der Waals surface area contributed by atoms with Gasteiger partial charge in [-0.25, -0.2) is 4.98 Å². The van der Waals surface area contributed by atoms with Crippen molar-refractivity contribution in [1.29, 1.82) is 0 Å². The molecule has 0 N–H and O–H groups in total. The fourth-order valence-electron chi connectivity index (χ4n) is 2.82. The molecule has 1 amide bonds. The molecule has 3 aromatic heterocycles. The van der Waals surface area contributed by atoms with Crippen LogP contribution in [0.4, 0.5) is 0 Å². The van der Waals surface area contributed by atoms with Crippen molar-refractivity contribution in [2.45, 2.75) is 5.92 Å². The van der Waals surface area contributed by atoms with Crippen molar-refractivity contribution >= 4 is 28.7 Å². The van der Waals surface area contributed by atoms with Crippen LogP contribution in [0, 0.1) is 0 Å². The molecule has 1 saturated heterocycles. The molecule has 0 atom stereocenters. The number of amides is 1. The van der Waals surface area contributed by atoms with Crippen molar-refractivity contribution in [3.05, 3.63) is 48.2 Å². The normalized spacial score (nSPS) is 14.5. The first-order valence-corrected chi connectivity index (χ1v) is 8.62. The predicted molar refractivity (Wildman–Crippen MR) is 91.4 cm³/mol. The van der Waals surface area contributed by atoms with E-state index in [0.717, 1.165) is 22.8 Å². The van der Waals surface area contributed by atoms with Crippen molar-refractivity contribution < 1.29 is 9.32 Å². The van der Waals surface area contributed by atoms with E-state index in [9.17, 15) is 4.79 Å². The molecular weight excluding hydrogens is 354 g/mol. The lowest BCUT2D eigenvalue weighted by Crippen LogP contribution is -2.48. The average Bonchev–Trinajstić information content (AvgIpc) is 3.30. The topological polar surface area (TPSA) is 111 Å². The lowest BCUT2D eigenvalue weighted by atomic mass is 9.98. The van der Waals surface area contributed by atoms with Crippen LogP contribution in [-0.4, -0.2) is 52.8 Å². The first-order valence-electron chi connectivity index (χ1n) is 7.89. The summed E-state index contributed by atoms with van der Waals surface area (Å²) in [6.45, 7) is 1.07. The molecule has 0 aliphatic carbocycles. The number of aromatic nitrogens is 6. The van der Waals surface area contributed by atoms with Crippen LogP contribution >= 0.6 is 11.7 Å². The molecule has 128 valence electrons. The number of benzene rings is 1. The van der Waals surface area contributed by atoms with Crippen LogP contribution in [0.1, 0.15) is 22.2 Å². The van der Waals surface area contributed by atoms with Crippen molar-refractivity contribution in [1.82, 2.24) is 33.8 Å².